The molecule has 0 atom stereocenters. The van der Waals surface area contributed by atoms with Gasteiger partial charge in [-0.15, -0.1) is 0 Å². The van der Waals surface area contributed by atoms with Gasteiger partial charge in [-0.1, -0.05) is 0 Å². The summed E-state index contributed by atoms with van der Waals surface area (Å²) in [6, 6.07) is 7.69. The van der Waals surface area contributed by atoms with Gasteiger partial charge in [-0.25, -0.2) is 9.37 Å². The number of halogens is 1. The quantitative estimate of drug-likeness (QED) is 0.845. The molecule has 0 aliphatic heterocycles. The van der Waals surface area contributed by atoms with E-state index in [1.165, 1.54) is 29.2 Å². The van der Waals surface area contributed by atoms with Crippen molar-refractivity contribution in [3.8, 4) is 6.07 Å². The maximum atomic E-state index is 13.0. The molecule has 0 saturated heterocycles. The molecule has 0 N–H and O–H groups in total. The summed E-state index contributed by atoms with van der Waals surface area (Å²) in [5.41, 5.74) is 1.36. The molecule has 0 radical (unpaired) electrons. The minimum Gasteiger partial charge on any atom is -0.337 e. The van der Waals surface area contributed by atoms with Crippen LogP contribution >= 0.6 is 0 Å². The SMILES string of the molecule is Cn1cncc1CC(=O)N(CCC#N)c1ccc(F)cc1. The molecule has 0 bridgehead atoms. The van der Waals surface area contributed by atoms with Crippen LogP contribution in [0.5, 0.6) is 0 Å². The second kappa shape index (κ2) is 6.66. The summed E-state index contributed by atoms with van der Waals surface area (Å²) in [7, 11) is 1.81. The number of nitrogens with zero attached hydrogens (tertiary/aromatic N) is 4. The van der Waals surface area contributed by atoms with Crippen LogP contribution in [0.4, 0.5) is 10.1 Å². The van der Waals surface area contributed by atoms with Crippen molar-refractivity contribution in [2.75, 3.05) is 11.4 Å². The van der Waals surface area contributed by atoms with Gasteiger partial charge in [0.2, 0.25) is 5.91 Å². The number of imidazole rings is 1. The third-order valence-corrected chi connectivity index (χ3v) is 3.14. The first-order valence-corrected chi connectivity index (χ1v) is 6.50. The molecule has 108 valence electrons. The normalized spacial score (nSPS) is 10.1. The second-order valence-corrected chi connectivity index (χ2v) is 4.60. The lowest BCUT2D eigenvalue weighted by atomic mass is 10.2. The summed E-state index contributed by atoms with van der Waals surface area (Å²) in [6.07, 6.45) is 3.65. The summed E-state index contributed by atoms with van der Waals surface area (Å²) in [6.45, 7) is 0.277. The average molecular weight is 286 g/mol. The van der Waals surface area contributed by atoms with Gasteiger partial charge in [0.25, 0.3) is 0 Å². The Hall–Kier alpha value is -2.68. The number of hydrogen-bond acceptors (Lipinski definition) is 3. The summed E-state index contributed by atoms with van der Waals surface area (Å²) in [4.78, 5) is 17.9. The molecule has 0 fully saturated rings. The van der Waals surface area contributed by atoms with Crippen LogP contribution < -0.4 is 4.90 Å². The lowest BCUT2D eigenvalue weighted by Crippen LogP contribution is -2.33. The zero-order valence-corrected chi connectivity index (χ0v) is 11.7. The molecule has 0 aliphatic carbocycles. The van der Waals surface area contributed by atoms with Crippen LogP contribution in [0.1, 0.15) is 12.1 Å². The Morgan fingerprint density at radius 2 is 2.14 bits per heavy atom. The highest BCUT2D eigenvalue weighted by Crippen LogP contribution is 2.17. The molecule has 5 nitrogen and oxygen atoms in total. The summed E-state index contributed by atoms with van der Waals surface area (Å²) in [5, 5.41) is 8.73. The van der Waals surface area contributed by atoms with E-state index in [9.17, 15) is 9.18 Å². The number of hydrogen-bond donors (Lipinski definition) is 0. The number of aryl methyl sites for hydroxylation is 1. The van der Waals surface area contributed by atoms with Crippen molar-refractivity contribution >= 4 is 11.6 Å². The molecule has 0 spiro atoms. The van der Waals surface area contributed by atoms with Crippen LogP contribution in [0.2, 0.25) is 0 Å². The lowest BCUT2D eigenvalue weighted by Gasteiger charge is -2.22. The van der Waals surface area contributed by atoms with Crippen LogP contribution in [-0.4, -0.2) is 22.0 Å². The maximum absolute atomic E-state index is 13.0. The predicted octanol–water partition coefficient (Wildman–Crippen LogP) is 2.05. The van der Waals surface area contributed by atoms with Crippen LogP contribution in [0, 0.1) is 17.1 Å². The summed E-state index contributed by atoms with van der Waals surface area (Å²) < 4.78 is 14.8. The molecule has 1 amide bonds. The summed E-state index contributed by atoms with van der Waals surface area (Å²) in [5.74, 6) is -0.515. The Kier molecular flexibility index (Phi) is 4.67. The molecule has 21 heavy (non-hydrogen) atoms. The zero-order valence-electron chi connectivity index (χ0n) is 11.7. The number of amides is 1. The van der Waals surface area contributed by atoms with Crippen LogP contribution in [0.25, 0.3) is 0 Å². The Labute approximate surface area is 122 Å². The van der Waals surface area contributed by atoms with Gasteiger partial charge in [-0.2, -0.15) is 5.26 Å². The number of aromatic nitrogens is 2. The molecule has 0 unspecified atom stereocenters. The fourth-order valence-corrected chi connectivity index (χ4v) is 1.99. The second-order valence-electron chi connectivity index (χ2n) is 4.60. The van der Waals surface area contributed by atoms with E-state index < -0.39 is 0 Å². The van der Waals surface area contributed by atoms with E-state index in [-0.39, 0.29) is 31.1 Å². The van der Waals surface area contributed by atoms with Crippen molar-refractivity contribution in [3.05, 3.63) is 48.3 Å². The number of carbonyl (C=O) groups is 1. The number of rotatable bonds is 5. The van der Waals surface area contributed by atoms with Crippen molar-refractivity contribution in [1.82, 2.24) is 9.55 Å². The minimum absolute atomic E-state index is 0.152. The monoisotopic (exact) mass is 286 g/mol. The third-order valence-electron chi connectivity index (χ3n) is 3.14. The Morgan fingerprint density at radius 1 is 1.43 bits per heavy atom. The van der Waals surface area contributed by atoms with E-state index in [1.807, 2.05) is 13.1 Å². The van der Waals surface area contributed by atoms with E-state index in [4.69, 9.17) is 5.26 Å². The highest BCUT2D eigenvalue weighted by Gasteiger charge is 2.17. The molecule has 6 heteroatoms. The fraction of sp³-hybridized carbons (Fsp3) is 0.267. The van der Waals surface area contributed by atoms with Crippen molar-refractivity contribution in [1.29, 1.82) is 5.26 Å². The van der Waals surface area contributed by atoms with E-state index in [0.29, 0.717) is 5.69 Å². The van der Waals surface area contributed by atoms with Crippen LogP contribution in [0.3, 0.4) is 0 Å². The van der Waals surface area contributed by atoms with Gasteiger partial charge in [0, 0.05) is 31.2 Å². The number of carbonyl (C=O) groups excluding carboxylic acids is 1. The predicted molar refractivity (Wildman–Crippen MR) is 75.9 cm³/mol. The minimum atomic E-state index is -0.363. The molecular formula is C15H15FN4O. The van der Waals surface area contributed by atoms with Gasteiger partial charge in [-0.05, 0) is 24.3 Å². The molecule has 2 aromatic rings. The van der Waals surface area contributed by atoms with Gasteiger partial charge in [-0.3, -0.25) is 4.79 Å². The van der Waals surface area contributed by atoms with Crippen molar-refractivity contribution in [3.63, 3.8) is 0 Å². The van der Waals surface area contributed by atoms with Crippen molar-refractivity contribution < 1.29 is 9.18 Å². The van der Waals surface area contributed by atoms with E-state index >= 15 is 0 Å². The Balaban J connectivity index is 2.19. The molecule has 0 saturated carbocycles. The lowest BCUT2D eigenvalue weighted by molar-refractivity contribution is -0.118. The Morgan fingerprint density at radius 3 is 2.71 bits per heavy atom. The molecular weight excluding hydrogens is 271 g/mol. The topological polar surface area (TPSA) is 61.9 Å². The first-order chi connectivity index (χ1) is 10.1. The molecule has 1 aromatic heterocycles. The fourth-order valence-electron chi connectivity index (χ4n) is 1.99. The molecule has 2 rings (SSSR count). The molecule has 1 heterocycles. The standard InChI is InChI=1S/C15H15FN4O/c1-19-11-18-10-14(19)9-15(21)20(8-2-7-17)13-5-3-12(16)4-6-13/h3-6,10-11H,2,8-9H2,1H3. The van der Waals surface area contributed by atoms with Crippen LogP contribution in [-0.2, 0) is 18.3 Å². The van der Waals surface area contributed by atoms with E-state index in [2.05, 4.69) is 4.98 Å². The van der Waals surface area contributed by atoms with Gasteiger partial charge in [0.1, 0.15) is 5.82 Å². The highest BCUT2D eigenvalue weighted by molar-refractivity contribution is 5.94. The van der Waals surface area contributed by atoms with Crippen molar-refractivity contribution in [2.45, 2.75) is 12.8 Å². The van der Waals surface area contributed by atoms with E-state index in [1.54, 1.807) is 17.1 Å². The smallest absolute Gasteiger partial charge is 0.233 e. The zero-order chi connectivity index (χ0) is 15.2. The first-order valence-electron chi connectivity index (χ1n) is 6.50. The van der Waals surface area contributed by atoms with Gasteiger partial charge >= 0.3 is 0 Å². The maximum Gasteiger partial charge on any atom is 0.233 e. The number of anilines is 1. The third kappa shape index (κ3) is 3.66. The first kappa shape index (κ1) is 14.7. The van der Waals surface area contributed by atoms with E-state index in [0.717, 1.165) is 5.69 Å². The Bertz CT molecular complexity index is 657. The highest BCUT2D eigenvalue weighted by atomic mass is 19.1. The summed E-state index contributed by atoms with van der Waals surface area (Å²) >= 11 is 0. The van der Waals surface area contributed by atoms with Gasteiger partial charge in [0.15, 0.2) is 0 Å². The van der Waals surface area contributed by atoms with Crippen molar-refractivity contribution in [2.24, 2.45) is 7.05 Å². The van der Waals surface area contributed by atoms with Gasteiger partial charge in [0.05, 0.1) is 25.2 Å². The molecule has 0 aliphatic rings. The number of nitriles is 1. The van der Waals surface area contributed by atoms with Gasteiger partial charge < -0.3 is 9.47 Å². The number of benzene rings is 1. The van der Waals surface area contributed by atoms with Crippen LogP contribution in [0.15, 0.2) is 36.8 Å². The average Bonchev–Trinajstić information content (AvgIpc) is 2.86. The largest absolute Gasteiger partial charge is 0.337 e. The molecule has 1 aromatic carbocycles.